The lowest BCUT2D eigenvalue weighted by atomic mass is 10.2. The van der Waals surface area contributed by atoms with Crippen LogP contribution < -0.4 is 9.62 Å². The van der Waals surface area contributed by atoms with Crippen LogP contribution in [0.4, 0.5) is 15.8 Å². The maximum atomic E-state index is 13.7. The molecule has 0 aliphatic carbocycles. The zero-order valence-corrected chi connectivity index (χ0v) is 17.0. The highest BCUT2D eigenvalue weighted by Gasteiger charge is 2.18. The summed E-state index contributed by atoms with van der Waals surface area (Å²) in [5.41, 5.74) is 0.507. The van der Waals surface area contributed by atoms with Gasteiger partial charge in [-0.3, -0.25) is 9.10 Å². The van der Waals surface area contributed by atoms with Crippen LogP contribution in [-0.4, -0.2) is 27.1 Å². The van der Waals surface area contributed by atoms with E-state index in [1.165, 1.54) is 16.4 Å². The van der Waals surface area contributed by atoms with Gasteiger partial charge in [-0.15, -0.1) is 0 Å². The summed E-state index contributed by atoms with van der Waals surface area (Å²) in [5.74, 6) is -0.949. The average Bonchev–Trinajstić information content (AvgIpc) is 2.53. The van der Waals surface area contributed by atoms with Crippen LogP contribution >= 0.6 is 27.5 Å². The zero-order valence-electron chi connectivity index (χ0n) is 13.9. The van der Waals surface area contributed by atoms with Crippen LogP contribution in [0.15, 0.2) is 46.9 Å². The minimum Gasteiger partial charge on any atom is -0.324 e. The van der Waals surface area contributed by atoms with E-state index in [9.17, 15) is 17.6 Å². The van der Waals surface area contributed by atoms with E-state index in [1.807, 2.05) is 0 Å². The molecule has 0 bridgehead atoms. The average molecular weight is 464 g/mol. The van der Waals surface area contributed by atoms with Crippen molar-refractivity contribution in [2.75, 3.05) is 22.4 Å². The van der Waals surface area contributed by atoms with Crippen LogP contribution in [0.5, 0.6) is 0 Å². The van der Waals surface area contributed by atoms with Crippen LogP contribution in [0, 0.1) is 5.82 Å². The smallest absolute Gasteiger partial charge is 0.232 e. The quantitative estimate of drug-likeness (QED) is 0.661. The minimum atomic E-state index is -3.53. The number of anilines is 2. The molecular formula is C17H17BrClFN2O3S. The molecule has 0 saturated carbocycles. The first-order valence-electron chi connectivity index (χ1n) is 7.65. The Morgan fingerprint density at radius 2 is 2.00 bits per heavy atom. The third-order valence-corrected chi connectivity index (χ3v) is 5.39. The van der Waals surface area contributed by atoms with Crippen molar-refractivity contribution in [3.8, 4) is 0 Å². The second-order valence-electron chi connectivity index (χ2n) is 5.59. The molecule has 26 heavy (non-hydrogen) atoms. The fourth-order valence-electron chi connectivity index (χ4n) is 2.30. The van der Waals surface area contributed by atoms with Gasteiger partial charge in [-0.05, 0) is 42.8 Å². The molecule has 0 unspecified atom stereocenters. The Hall–Kier alpha value is -1.64. The second kappa shape index (κ2) is 8.83. The zero-order chi connectivity index (χ0) is 19.3. The Bertz CT molecular complexity index is 909. The number of carbonyl (C=O) groups is 1. The molecule has 2 aromatic carbocycles. The molecule has 0 aromatic heterocycles. The Kier molecular flexibility index (Phi) is 7.02. The molecule has 5 nitrogen and oxygen atoms in total. The van der Waals surface area contributed by atoms with Gasteiger partial charge in [0, 0.05) is 22.5 Å². The molecule has 0 heterocycles. The topological polar surface area (TPSA) is 66.5 Å². The Balaban J connectivity index is 1.98. The van der Waals surface area contributed by atoms with Gasteiger partial charge in [-0.25, -0.2) is 12.8 Å². The molecule has 0 saturated heterocycles. The lowest BCUT2D eigenvalue weighted by molar-refractivity contribution is -0.116. The van der Waals surface area contributed by atoms with Crippen molar-refractivity contribution >= 4 is 54.8 Å². The summed E-state index contributed by atoms with van der Waals surface area (Å²) in [7, 11) is -3.53. The third kappa shape index (κ3) is 5.96. The summed E-state index contributed by atoms with van der Waals surface area (Å²) in [6.45, 7) is 0.107. The SMILES string of the molecule is CS(=O)(=O)N(CCCC(=O)Nc1ccc(Br)cc1F)c1cccc(Cl)c1. The first kappa shape index (κ1) is 20.7. The molecule has 0 spiro atoms. The summed E-state index contributed by atoms with van der Waals surface area (Å²) in [6.07, 6.45) is 1.40. The van der Waals surface area contributed by atoms with E-state index in [0.717, 1.165) is 6.26 Å². The molecule has 0 atom stereocenters. The number of sulfonamides is 1. The minimum absolute atomic E-state index is 0.0437. The first-order valence-corrected chi connectivity index (χ1v) is 10.7. The fraction of sp³-hybridized carbons (Fsp3) is 0.235. The molecule has 0 fully saturated rings. The van der Waals surface area contributed by atoms with Gasteiger partial charge in [0.25, 0.3) is 0 Å². The molecule has 140 valence electrons. The van der Waals surface area contributed by atoms with E-state index in [4.69, 9.17) is 11.6 Å². The van der Waals surface area contributed by atoms with Crippen molar-refractivity contribution < 1.29 is 17.6 Å². The maximum absolute atomic E-state index is 13.7. The maximum Gasteiger partial charge on any atom is 0.232 e. The van der Waals surface area contributed by atoms with Gasteiger partial charge in [-0.1, -0.05) is 33.6 Å². The summed E-state index contributed by atoms with van der Waals surface area (Å²) in [4.78, 5) is 12.0. The molecule has 9 heteroatoms. The number of rotatable bonds is 7. The van der Waals surface area contributed by atoms with Crippen LogP contribution in [0.2, 0.25) is 5.02 Å². The van der Waals surface area contributed by atoms with Crippen LogP contribution in [-0.2, 0) is 14.8 Å². The van der Waals surface area contributed by atoms with Crippen molar-refractivity contribution in [1.29, 1.82) is 0 Å². The van der Waals surface area contributed by atoms with Gasteiger partial charge < -0.3 is 5.32 Å². The molecule has 1 N–H and O–H groups in total. The second-order valence-corrected chi connectivity index (χ2v) is 8.85. The molecule has 0 aliphatic rings. The first-order chi connectivity index (χ1) is 12.2. The van der Waals surface area contributed by atoms with Gasteiger partial charge in [0.2, 0.25) is 15.9 Å². The lowest BCUT2D eigenvalue weighted by Gasteiger charge is -2.22. The van der Waals surface area contributed by atoms with E-state index < -0.39 is 21.7 Å². The van der Waals surface area contributed by atoms with E-state index in [0.29, 0.717) is 15.2 Å². The summed E-state index contributed by atoms with van der Waals surface area (Å²) >= 11 is 9.06. The van der Waals surface area contributed by atoms with Crippen molar-refractivity contribution in [3.05, 3.63) is 57.8 Å². The van der Waals surface area contributed by atoms with Crippen molar-refractivity contribution in [1.82, 2.24) is 0 Å². The number of halogens is 3. The lowest BCUT2D eigenvalue weighted by Crippen LogP contribution is -2.31. The largest absolute Gasteiger partial charge is 0.324 e. The third-order valence-electron chi connectivity index (χ3n) is 3.47. The summed E-state index contributed by atoms with van der Waals surface area (Å²) < 4.78 is 39.5. The normalized spacial score (nSPS) is 11.2. The predicted octanol–water partition coefficient (Wildman–Crippen LogP) is 4.43. The number of hydrogen-bond donors (Lipinski definition) is 1. The molecule has 0 aliphatic heterocycles. The van der Waals surface area contributed by atoms with Crippen molar-refractivity contribution in [3.63, 3.8) is 0 Å². The molecule has 2 aromatic rings. The van der Waals surface area contributed by atoms with Crippen LogP contribution in [0.1, 0.15) is 12.8 Å². The standard InChI is InChI=1S/C17H17BrClFN2O3S/c1-26(24,25)22(14-5-2-4-13(19)11-14)9-3-6-17(23)21-16-8-7-12(18)10-15(16)20/h2,4-5,7-8,10-11H,3,6,9H2,1H3,(H,21,23). The highest BCUT2D eigenvalue weighted by molar-refractivity contribution is 9.10. The van der Waals surface area contributed by atoms with Crippen LogP contribution in [0.3, 0.4) is 0 Å². The van der Waals surface area contributed by atoms with Gasteiger partial charge >= 0.3 is 0 Å². The number of nitrogens with zero attached hydrogens (tertiary/aromatic N) is 1. The monoisotopic (exact) mass is 462 g/mol. The Labute approximate surface area is 165 Å². The van der Waals surface area contributed by atoms with Gasteiger partial charge in [-0.2, -0.15) is 0 Å². The van der Waals surface area contributed by atoms with E-state index in [1.54, 1.807) is 30.3 Å². The number of nitrogens with one attached hydrogen (secondary N) is 1. The molecule has 2 rings (SSSR count). The van der Waals surface area contributed by atoms with Crippen LogP contribution in [0.25, 0.3) is 0 Å². The summed E-state index contributed by atoms with van der Waals surface area (Å²) in [6, 6.07) is 10.8. The molecular weight excluding hydrogens is 447 g/mol. The summed E-state index contributed by atoms with van der Waals surface area (Å²) in [5, 5.41) is 2.89. The number of amides is 1. The van der Waals surface area contributed by atoms with E-state index >= 15 is 0 Å². The fourth-order valence-corrected chi connectivity index (χ4v) is 3.78. The molecule has 0 radical (unpaired) electrons. The van der Waals surface area contributed by atoms with Crippen molar-refractivity contribution in [2.45, 2.75) is 12.8 Å². The highest BCUT2D eigenvalue weighted by Crippen LogP contribution is 2.23. The number of hydrogen-bond acceptors (Lipinski definition) is 3. The highest BCUT2D eigenvalue weighted by atomic mass is 79.9. The Morgan fingerprint density at radius 1 is 1.27 bits per heavy atom. The van der Waals surface area contributed by atoms with E-state index in [-0.39, 0.29) is 25.1 Å². The van der Waals surface area contributed by atoms with Gasteiger partial charge in [0.05, 0.1) is 17.6 Å². The number of benzene rings is 2. The van der Waals surface area contributed by atoms with E-state index in [2.05, 4.69) is 21.2 Å². The van der Waals surface area contributed by atoms with Crippen molar-refractivity contribution in [2.24, 2.45) is 0 Å². The molecule has 1 amide bonds. The Morgan fingerprint density at radius 3 is 2.62 bits per heavy atom. The predicted molar refractivity (Wildman–Crippen MR) is 106 cm³/mol. The van der Waals surface area contributed by atoms with Gasteiger partial charge in [0.1, 0.15) is 5.82 Å². The van der Waals surface area contributed by atoms with Gasteiger partial charge in [0.15, 0.2) is 0 Å². The number of carbonyl (C=O) groups excluding carboxylic acids is 1.